The lowest BCUT2D eigenvalue weighted by Crippen LogP contribution is -2.32. The Bertz CT molecular complexity index is 768. The van der Waals surface area contributed by atoms with Gasteiger partial charge in [-0.3, -0.25) is 4.90 Å². The van der Waals surface area contributed by atoms with E-state index in [1.165, 1.54) is 13.0 Å². The van der Waals surface area contributed by atoms with Gasteiger partial charge in [0.15, 0.2) is 6.61 Å². The first-order valence-corrected chi connectivity index (χ1v) is 8.97. The third-order valence-electron chi connectivity index (χ3n) is 4.32. The number of aromatic nitrogens is 2. The van der Waals surface area contributed by atoms with E-state index in [-0.39, 0.29) is 12.7 Å². The van der Waals surface area contributed by atoms with Gasteiger partial charge in [-0.15, -0.1) is 8.75 Å². The van der Waals surface area contributed by atoms with Crippen LogP contribution in [0.25, 0.3) is 0 Å². The topological polar surface area (TPSA) is 47.5 Å². The van der Waals surface area contributed by atoms with Gasteiger partial charge in [0.2, 0.25) is 0 Å². The minimum absolute atomic E-state index is 0.199. The molecular formula is C17H16ClN3O2S. The molecule has 0 N–H and O–H groups in total. The minimum atomic E-state index is 0.199. The molecule has 3 heterocycles. The van der Waals surface area contributed by atoms with Crippen LogP contribution in [0.1, 0.15) is 12.0 Å². The minimum Gasteiger partial charge on any atom is -0.468 e. The Hall–Kier alpha value is -1.81. The third-order valence-corrected chi connectivity index (χ3v) is 5.07. The number of rotatable bonds is 4. The van der Waals surface area contributed by atoms with Crippen LogP contribution in [0, 0.1) is 17.8 Å². The fourth-order valence-electron chi connectivity index (χ4n) is 3.12. The Labute approximate surface area is 149 Å². The predicted molar refractivity (Wildman–Crippen MR) is 92.7 cm³/mol. The summed E-state index contributed by atoms with van der Waals surface area (Å²) in [4.78, 5) is 2.42. The van der Waals surface area contributed by atoms with Crippen molar-refractivity contribution >= 4 is 23.3 Å². The average molecular weight is 362 g/mol. The maximum absolute atomic E-state index is 6.02. The number of hydrogen-bond acceptors (Lipinski definition) is 6. The van der Waals surface area contributed by atoms with E-state index < -0.39 is 0 Å². The Morgan fingerprint density at radius 3 is 2.79 bits per heavy atom. The Morgan fingerprint density at radius 2 is 2.04 bits per heavy atom. The number of nitrogens with zero attached hydrogens (tertiary/aromatic N) is 3. The van der Waals surface area contributed by atoms with Crippen LogP contribution in [0.5, 0.6) is 11.8 Å². The lowest BCUT2D eigenvalue weighted by atomic mass is 10.0. The summed E-state index contributed by atoms with van der Waals surface area (Å²) in [5, 5.41) is 0.698. The molecule has 0 aliphatic carbocycles. The number of benzene rings is 1. The Balaban J connectivity index is 1.33. The molecule has 3 unspecified atom stereocenters. The summed E-state index contributed by atoms with van der Waals surface area (Å²) < 4.78 is 20.0. The molecule has 0 saturated carbocycles. The maximum Gasteiger partial charge on any atom is 0.292 e. The SMILES string of the molecule is Clc1ccc(C#CCOc2nsnc2OC2CN3CCC2C3)cc1. The normalized spacial score (nSPS) is 24.5. The molecule has 0 spiro atoms. The second-order valence-corrected chi connectivity index (χ2v) is 6.90. The highest BCUT2D eigenvalue weighted by Gasteiger charge is 2.40. The number of hydrogen-bond donors (Lipinski definition) is 0. The average Bonchev–Trinajstić information content (AvgIpc) is 3.31. The first-order chi connectivity index (χ1) is 11.8. The molecular weight excluding hydrogens is 346 g/mol. The van der Waals surface area contributed by atoms with E-state index in [2.05, 4.69) is 25.5 Å². The van der Waals surface area contributed by atoms with Crippen molar-refractivity contribution in [1.29, 1.82) is 0 Å². The summed E-state index contributed by atoms with van der Waals surface area (Å²) in [6, 6.07) is 7.37. The molecule has 2 aliphatic heterocycles. The zero-order valence-electron chi connectivity index (χ0n) is 12.9. The van der Waals surface area contributed by atoms with Crippen LogP contribution >= 0.6 is 23.3 Å². The van der Waals surface area contributed by atoms with Crippen LogP contribution in [0.15, 0.2) is 24.3 Å². The molecule has 4 rings (SSSR count). The Kier molecular flexibility index (Phi) is 4.56. The van der Waals surface area contributed by atoms with Crippen molar-refractivity contribution in [3.8, 4) is 23.6 Å². The Morgan fingerprint density at radius 1 is 1.21 bits per heavy atom. The maximum atomic E-state index is 6.02. The zero-order valence-corrected chi connectivity index (χ0v) is 14.5. The van der Waals surface area contributed by atoms with Gasteiger partial charge in [-0.2, -0.15) is 0 Å². The van der Waals surface area contributed by atoms with Gasteiger partial charge in [0.1, 0.15) is 6.10 Å². The fourth-order valence-corrected chi connectivity index (χ4v) is 3.69. The summed E-state index contributed by atoms with van der Waals surface area (Å²) >= 11 is 6.95. The van der Waals surface area contributed by atoms with Crippen molar-refractivity contribution in [2.45, 2.75) is 12.5 Å². The first-order valence-electron chi connectivity index (χ1n) is 7.87. The van der Waals surface area contributed by atoms with Gasteiger partial charge in [0, 0.05) is 29.6 Å². The van der Waals surface area contributed by atoms with Gasteiger partial charge in [-0.05, 0) is 37.2 Å². The molecule has 2 bridgehead atoms. The van der Waals surface area contributed by atoms with E-state index in [0.29, 0.717) is 22.7 Å². The van der Waals surface area contributed by atoms with E-state index >= 15 is 0 Å². The lowest BCUT2D eigenvalue weighted by molar-refractivity contribution is 0.131. The molecule has 124 valence electrons. The molecule has 7 heteroatoms. The van der Waals surface area contributed by atoms with Gasteiger partial charge in [0.25, 0.3) is 11.8 Å². The van der Waals surface area contributed by atoms with Crippen LogP contribution < -0.4 is 9.47 Å². The van der Waals surface area contributed by atoms with E-state index in [1.807, 2.05) is 24.3 Å². The van der Waals surface area contributed by atoms with Gasteiger partial charge in [-0.25, -0.2) is 0 Å². The molecule has 24 heavy (non-hydrogen) atoms. The van der Waals surface area contributed by atoms with Crippen molar-refractivity contribution in [3.63, 3.8) is 0 Å². The van der Waals surface area contributed by atoms with Crippen molar-refractivity contribution < 1.29 is 9.47 Å². The highest BCUT2D eigenvalue weighted by atomic mass is 35.5. The highest BCUT2D eigenvalue weighted by Crippen LogP contribution is 2.33. The number of ether oxygens (including phenoxy) is 2. The molecule has 0 amide bonds. The van der Waals surface area contributed by atoms with Crippen LogP contribution in [0.4, 0.5) is 0 Å². The van der Waals surface area contributed by atoms with Crippen LogP contribution in [0.2, 0.25) is 5.02 Å². The fraction of sp³-hybridized carbons (Fsp3) is 0.412. The predicted octanol–water partition coefficient (Wildman–Crippen LogP) is 2.70. The van der Waals surface area contributed by atoms with Gasteiger partial charge >= 0.3 is 0 Å². The molecule has 3 atom stereocenters. The monoisotopic (exact) mass is 361 g/mol. The van der Waals surface area contributed by atoms with Crippen LogP contribution in [0.3, 0.4) is 0 Å². The number of piperidine rings is 1. The summed E-state index contributed by atoms with van der Waals surface area (Å²) in [5.74, 6) is 7.52. The smallest absolute Gasteiger partial charge is 0.292 e. The van der Waals surface area contributed by atoms with Gasteiger partial charge < -0.3 is 9.47 Å². The van der Waals surface area contributed by atoms with E-state index in [1.54, 1.807) is 0 Å². The molecule has 2 aliphatic rings. The number of halogens is 1. The van der Waals surface area contributed by atoms with E-state index in [9.17, 15) is 0 Å². The van der Waals surface area contributed by atoms with Crippen LogP contribution in [-0.2, 0) is 0 Å². The second kappa shape index (κ2) is 6.98. The van der Waals surface area contributed by atoms with Crippen molar-refractivity contribution in [3.05, 3.63) is 34.9 Å². The second-order valence-electron chi connectivity index (χ2n) is 5.94. The first kappa shape index (κ1) is 15.7. The van der Waals surface area contributed by atoms with Gasteiger partial charge in [-0.1, -0.05) is 23.4 Å². The molecule has 1 aromatic carbocycles. The van der Waals surface area contributed by atoms with Crippen LogP contribution in [-0.4, -0.2) is 46.0 Å². The summed E-state index contributed by atoms with van der Waals surface area (Å²) in [7, 11) is 0. The van der Waals surface area contributed by atoms with E-state index in [0.717, 1.165) is 30.4 Å². The summed E-state index contributed by atoms with van der Waals surface area (Å²) in [6.07, 6.45) is 1.40. The molecule has 2 fully saturated rings. The molecule has 0 radical (unpaired) electrons. The van der Waals surface area contributed by atoms with Crippen molar-refractivity contribution in [1.82, 2.24) is 13.6 Å². The lowest BCUT2D eigenvalue weighted by Gasteiger charge is -2.22. The highest BCUT2D eigenvalue weighted by molar-refractivity contribution is 6.99. The van der Waals surface area contributed by atoms with Crippen molar-refractivity contribution in [2.24, 2.45) is 5.92 Å². The van der Waals surface area contributed by atoms with Crippen molar-refractivity contribution in [2.75, 3.05) is 26.2 Å². The largest absolute Gasteiger partial charge is 0.468 e. The molecule has 2 saturated heterocycles. The number of fused-ring (bicyclic) bond motifs is 2. The van der Waals surface area contributed by atoms with Gasteiger partial charge in [0.05, 0.1) is 11.7 Å². The zero-order chi connectivity index (χ0) is 16.4. The quantitative estimate of drug-likeness (QED) is 0.784. The molecule has 5 nitrogen and oxygen atoms in total. The summed E-state index contributed by atoms with van der Waals surface area (Å²) in [6.45, 7) is 3.52. The summed E-state index contributed by atoms with van der Waals surface area (Å²) in [5.41, 5.74) is 0.895. The molecule has 1 aromatic heterocycles. The molecule has 2 aromatic rings. The van der Waals surface area contributed by atoms with E-state index in [4.69, 9.17) is 21.1 Å². The third kappa shape index (κ3) is 3.48. The standard InChI is InChI=1S/C17H16ClN3O2S/c18-14-5-3-12(4-6-14)2-1-9-22-16-17(20-24-19-16)23-15-11-21-8-7-13(15)10-21/h3-6,13,15H,7-11H2.